The highest BCUT2D eigenvalue weighted by molar-refractivity contribution is 5.83. The van der Waals surface area contributed by atoms with Crippen LogP contribution in [-0.4, -0.2) is 58.3 Å². The van der Waals surface area contributed by atoms with E-state index in [0.29, 0.717) is 24.7 Å². The van der Waals surface area contributed by atoms with Crippen molar-refractivity contribution in [2.75, 3.05) is 51.0 Å². The van der Waals surface area contributed by atoms with Gasteiger partial charge in [-0.05, 0) is 61.9 Å². The molecule has 0 spiro atoms. The van der Waals surface area contributed by atoms with Crippen LogP contribution in [0.2, 0.25) is 0 Å². The smallest absolute Gasteiger partial charge is 0.344 e. The number of aliphatic imine (C=N–C) groups is 1. The van der Waals surface area contributed by atoms with E-state index in [1.54, 1.807) is 19.2 Å². The number of hydrogen-bond donors (Lipinski definition) is 0. The molecule has 3 rings (SSSR count). The van der Waals surface area contributed by atoms with Crippen LogP contribution < -0.4 is 14.4 Å². The van der Waals surface area contributed by atoms with Gasteiger partial charge in [0.1, 0.15) is 0 Å². The van der Waals surface area contributed by atoms with E-state index in [0.717, 1.165) is 37.6 Å². The Hall–Kier alpha value is -3.06. The zero-order valence-corrected chi connectivity index (χ0v) is 17.5. The molecular weight excluding hydrogens is 384 g/mol. The van der Waals surface area contributed by atoms with Gasteiger partial charge < -0.3 is 23.8 Å². The van der Waals surface area contributed by atoms with Crippen LogP contribution in [0.1, 0.15) is 19.4 Å². The van der Waals surface area contributed by atoms with E-state index in [4.69, 9.17) is 18.9 Å². The van der Waals surface area contributed by atoms with E-state index in [1.165, 1.54) is 5.69 Å². The van der Waals surface area contributed by atoms with Gasteiger partial charge in [0.05, 0.1) is 32.1 Å². The molecule has 0 aromatic heterocycles. The van der Waals surface area contributed by atoms with Crippen molar-refractivity contribution in [3.05, 3.63) is 48.0 Å². The largest absolute Gasteiger partial charge is 0.490 e. The Morgan fingerprint density at radius 1 is 1.03 bits per heavy atom. The molecular formula is C23H28N2O5. The molecule has 7 heteroatoms. The first-order chi connectivity index (χ1) is 14.7. The first-order valence-electron chi connectivity index (χ1n) is 10.2. The fourth-order valence-corrected chi connectivity index (χ4v) is 3.05. The number of hydrogen-bond acceptors (Lipinski definition) is 7. The van der Waals surface area contributed by atoms with E-state index in [1.807, 2.05) is 31.2 Å². The molecule has 2 aromatic carbocycles. The Labute approximate surface area is 177 Å². The summed E-state index contributed by atoms with van der Waals surface area (Å²) in [5.74, 6) is 0.649. The summed E-state index contributed by atoms with van der Waals surface area (Å²) in [5, 5.41) is 0. The summed E-state index contributed by atoms with van der Waals surface area (Å²) in [7, 11) is 0. The summed E-state index contributed by atoms with van der Waals surface area (Å²) in [5.41, 5.74) is 2.92. The summed E-state index contributed by atoms with van der Waals surface area (Å²) in [4.78, 5) is 18.4. The van der Waals surface area contributed by atoms with Gasteiger partial charge in [0, 0.05) is 25.0 Å². The molecule has 1 fully saturated rings. The normalized spacial score (nSPS) is 14.0. The molecule has 0 atom stereocenters. The highest BCUT2D eigenvalue weighted by Crippen LogP contribution is 2.28. The average Bonchev–Trinajstić information content (AvgIpc) is 2.78. The van der Waals surface area contributed by atoms with Crippen LogP contribution in [-0.2, 0) is 14.3 Å². The van der Waals surface area contributed by atoms with Crippen LogP contribution in [0.15, 0.2) is 47.5 Å². The van der Waals surface area contributed by atoms with Gasteiger partial charge in [-0.3, -0.25) is 4.99 Å². The number of rotatable bonds is 9. The van der Waals surface area contributed by atoms with E-state index >= 15 is 0 Å². The zero-order valence-electron chi connectivity index (χ0n) is 17.5. The van der Waals surface area contributed by atoms with Gasteiger partial charge in [0.25, 0.3) is 0 Å². The van der Waals surface area contributed by atoms with Crippen molar-refractivity contribution in [1.82, 2.24) is 0 Å². The molecule has 160 valence electrons. The lowest BCUT2D eigenvalue weighted by atomic mass is 10.2. The van der Waals surface area contributed by atoms with Crippen molar-refractivity contribution < 1.29 is 23.7 Å². The van der Waals surface area contributed by atoms with Gasteiger partial charge in [0.15, 0.2) is 18.1 Å². The maximum absolute atomic E-state index is 11.5. The zero-order chi connectivity index (χ0) is 21.2. The van der Waals surface area contributed by atoms with E-state index in [2.05, 4.69) is 22.0 Å². The summed E-state index contributed by atoms with van der Waals surface area (Å²) >= 11 is 0. The number of carbonyl (C=O) groups excluding carboxylic acids is 1. The van der Waals surface area contributed by atoms with Crippen LogP contribution in [0.5, 0.6) is 11.5 Å². The summed E-state index contributed by atoms with van der Waals surface area (Å²) in [6.45, 7) is 7.66. The number of esters is 1. The van der Waals surface area contributed by atoms with Crippen molar-refractivity contribution in [3.63, 3.8) is 0 Å². The summed E-state index contributed by atoms with van der Waals surface area (Å²) in [6.07, 6.45) is 1.78. The van der Waals surface area contributed by atoms with Crippen molar-refractivity contribution >= 4 is 23.6 Å². The number of benzene rings is 2. The maximum atomic E-state index is 11.5. The Morgan fingerprint density at radius 2 is 1.80 bits per heavy atom. The molecule has 0 N–H and O–H groups in total. The molecule has 0 amide bonds. The highest BCUT2D eigenvalue weighted by Gasteiger charge is 2.11. The molecule has 7 nitrogen and oxygen atoms in total. The van der Waals surface area contributed by atoms with Crippen molar-refractivity contribution in [2.24, 2.45) is 4.99 Å². The van der Waals surface area contributed by atoms with Crippen LogP contribution in [0.25, 0.3) is 0 Å². The van der Waals surface area contributed by atoms with E-state index in [-0.39, 0.29) is 6.61 Å². The molecule has 0 saturated carbocycles. The molecule has 0 bridgehead atoms. The summed E-state index contributed by atoms with van der Waals surface area (Å²) in [6, 6.07) is 13.6. The Bertz CT molecular complexity index is 845. The highest BCUT2D eigenvalue weighted by atomic mass is 16.6. The summed E-state index contributed by atoms with van der Waals surface area (Å²) < 4.78 is 21.5. The molecule has 1 saturated heterocycles. The second-order valence-corrected chi connectivity index (χ2v) is 6.61. The van der Waals surface area contributed by atoms with Crippen LogP contribution >= 0.6 is 0 Å². The second-order valence-electron chi connectivity index (χ2n) is 6.61. The van der Waals surface area contributed by atoms with E-state index < -0.39 is 5.97 Å². The standard InChI is InChI=1S/C23H28N2O5/c1-3-28-22-15-18(5-10-21(22)30-17-23(26)29-4-2)16-24-19-6-8-20(9-7-19)25-11-13-27-14-12-25/h5-10,15-16H,3-4,11-14,17H2,1-2H3. The molecule has 0 radical (unpaired) electrons. The molecule has 0 aliphatic carbocycles. The quantitative estimate of drug-likeness (QED) is 0.463. The predicted molar refractivity (Wildman–Crippen MR) is 116 cm³/mol. The fraction of sp³-hybridized carbons (Fsp3) is 0.391. The number of carbonyl (C=O) groups is 1. The van der Waals surface area contributed by atoms with Crippen LogP contribution in [0.3, 0.4) is 0 Å². The van der Waals surface area contributed by atoms with E-state index in [9.17, 15) is 4.79 Å². The Kier molecular flexibility index (Phi) is 8.09. The molecule has 1 heterocycles. The lowest BCUT2D eigenvalue weighted by molar-refractivity contribution is -0.145. The van der Waals surface area contributed by atoms with Crippen LogP contribution in [0, 0.1) is 0 Å². The topological polar surface area (TPSA) is 69.6 Å². The maximum Gasteiger partial charge on any atom is 0.344 e. The molecule has 0 unspecified atom stereocenters. The van der Waals surface area contributed by atoms with Gasteiger partial charge in [-0.2, -0.15) is 0 Å². The lowest BCUT2D eigenvalue weighted by Crippen LogP contribution is -2.36. The van der Waals surface area contributed by atoms with Gasteiger partial charge in [-0.25, -0.2) is 4.79 Å². The average molecular weight is 412 g/mol. The molecule has 30 heavy (non-hydrogen) atoms. The molecule has 1 aliphatic rings. The van der Waals surface area contributed by atoms with Crippen molar-refractivity contribution in [2.45, 2.75) is 13.8 Å². The number of anilines is 1. The monoisotopic (exact) mass is 412 g/mol. The van der Waals surface area contributed by atoms with Crippen molar-refractivity contribution in [3.8, 4) is 11.5 Å². The first kappa shape index (κ1) is 21.6. The third-order valence-electron chi connectivity index (χ3n) is 4.51. The number of morpholine rings is 1. The van der Waals surface area contributed by atoms with Crippen molar-refractivity contribution in [1.29, 1.82) is 0 Å². The minimum Gasteiger partial charge on any atom is -0.490 e. The second kappa shape index (κ2) is 11.2. The minimum atomic E-state index is -0.411. The number of nitrogens with zero attached hydrogens (tertiary/aromatic N) is 2. The van der Waals surface area contributed by atoms with Gasteiger partial charge in [0.2, 0.25) is 0 Å². The lowest BCUT2D eigenvalue weighted by Gasteiger charge is -2.28. The van der Waals surface area contributed by atoms with Crippen LogP contribution in [0.4, 0.5) is 11.4 Å². The minimum absolute atomic E-state index is 0.156. The Balaban J connectivity index is 1.65. The first-order valence-corrected chi connectivity index (χ1v) is 10.2. The molecule has 2 aromatic rings. The van der Waals surface area contributed by atoms with Gasteiger partial charge >= 0.3 is 5.97 Å². The SMILES string of the molecule is CCOC(=O)COc1ccc(C=Nc2ccc(N3CCOCC3)cc2)cc1OCC. The predicted octanol–water partition coefficient (Wildman–Crippen LogP) is 3.61. The molecule has 1 aliphatic heterocycles. The third kappa shape index (κ3) is 6.22. The third-order valence-corrected chi connectivity index (χ3v) is 4.51. The fourth-order valence-electron chi connectivity index (χ4n) is 3.05. The van der Waals surface area contributed by atoms with Gasteiger partial charge in [-0.1, -0.05) is 0 Å². The Morgan fingerprint density at radius 3 is 2.50 bits per heavy atom. The number of ether oxygens (including phenoxy) is 4. The van der Waals surface area contributed by atoms with Gasteiger partial charge in [-0.15, -0.1) is 0 Å².